The second-order valence-electron chi connectivity index (χ2n) is 4.74. The van der Waals surface area contributed by atoms with E-state index in [0.29, 0.717) is 12.0 Å². The lowest BCUT2D eigenvalue weighted by Crippen LogP contribution is -2.28. The zero-order chi connectivity index (χ0) is 17.0. The van der Waals surface area contributed by atoms with E-state index >= 15 is 0 Å². The third kappa shape index (κ3) is 3.73. The molecule has 0 aliphatic carbocycles. The Hall–Kier alpha value is -2.30. The average Bonchev–Trinajstić information content (AvgIpc) is 3.03. The first-order valence-electron chi connectivity index (χ1n) is 6.65. The van der Waals surface area contributed by atoms with E-state index in [-0.39, 0.29) is 29.6 Å². The summed E-state index contributed by atoms with van der Waals surface area (Å²) >= 11 is 0. The average molecular weight is 341 g/mol. The van der Waals surface area contributed by atoms with Crippen LogP contribution in [0.4, 0.5) is 5.69 Å². The van der Waals surface area contributed by atoms with Gasteiger partial charge in [-0.25, -0.2) is 8.42 Å². The van der Waals surface area contributed by atoms with Crippen LogP contribution in [0, 0.1) is 10.1 Å². The molecule has 1 N–H and O–H groups in total. The molecule has 1 aromatic carbocycles. The van der Waals surface area contributed by atoms with E-state index < -0.39 is 14.9 Å². The number of aromatic nitrogens is 1. The van der Waals surface area contributed by atoms with Gasteiger partial charge in [0.25, 0.3) is 20.8 Å². The number of sulfonamides is 1. The zero-order valence-corrected chi connectivity index (χ0v) is 13.1. The largest absolute Gasteiger partial charge is 0.396 e. The third-order valence-electron chi connectivity index (χ3n) is 3.16. The quantitative estimate of drug-likeness (QED) is 0.593. The van der Waals surface area contributed by atoms with E-state index in [4.69, 9.17) is 9.63 Å². The molecule has 2 rings (SSSR count). The van der Waals surface area contributed by atoms with Crippen LogP contribution in [0.5, 0.6) is 0 Å². The Morgan fingerprint density at radius 2 is 2.00 bits per heavy atom. The predicted octanol–water partition coefficient (Wildman–Crippen LogP) is 1.25. The van der Waals surface area contributed by atoms with Crippen LogP contribution in [0.25, 0.3) is 11.3 Å². The summed E-state index contributed by atoms with van der Waals surface area (Å²) in [5.74, 6) is 0. The van der Waals surface area contributed by atoms with Gasteiger partial charge in [0.05, 0.1) is 4.92 Å². The Morgan fingerprint density at radius 3 is 2.57 bits per heavy atom. The van der Waals surface area contributed by atoms with Crippen molar-refractivity contribution in [3.8, 4) is 11.3 Å². The second-order valence-corrected chi connectivity index (χ2v) is 6.71. The fourth-order valence-corrected chi connectivity index (χ4v) is 2.91. The molecule has 0 radical (unpaired) electrons. The smallest absolute Gasteiger partial charge is 0.279 e. The summed E-state index contributed by atoms with van der Waals surface area (Å²) in [5.41, 5.74) is 0.682. The standard InChI is InChI=1S/C13H15N3O6S/c1-15(7-2-8-17)23(20,21)13-9-12(14-22-13)10-3-5-11(6-4-10)16(18)19/h3-6,9,17H,2,7-8H2,1H3. The number of benzene rings is 1. The first-order chi connectivity index (χ1) is 10.9. The number of nitro benzene ring substituents is 1. The molecule has 0 saturated carbocycles. The van der Waals surface area contributed by atoms with E-state index in [1.807, 2.05) is 0 Å². The van der Waals surface area contributed by atoms with Gasteiger partial charge in [0.15, 0.2) is 0 Å². The molecule has 0 saturated heterocycles. The van der Waals surface area contributed by atoms with Gasteiger partial charge >= 0.3 is 0 Å². The highest BCUT2D eigenvalue weighted by Crippen LogP contribution is 2.25. The van der Waals surface area contributed by atoms with Crippen molar-refractivity contribution in [2.24, 2.45) is 0 Å². The van der Waals surface area contributed by atoms with Crippen molar-refractivity contribution in [3.63, 3.8) is 0 Å². The van der Waals surface area contributed by atoms with Crippen molar-refractivity contribution >= 4 is 15.7 Å². The minimum absolute atomic E-state index is 0.0752. The van der Waals surface area contributed by atoms with Crippen molar-refractivity contribution in [1.29, 1.82) is 0 Å². The van der Waals surface area contributed by atoms with Gasteiger partial charge in [0.1, 0.15) is 5.69 Å². The molecular formula is C13H15N3O6S. The summed E-state index contributed by atoms with van der Waals surface area (Å²) in [5, 5.41) is 22.7. The number of rotatable bonds is 7. The molecule has 2 aromatic rings. The van der Waals surface area contributed by atoms with Crippen molar-refractivity contribution in [3.05, 3.63) is 40.4 Å². The lowest BCUT2D eigenvalue weighted by Gasteiger charge is -2.13. The minimum atomic E-state index is -3.84. The maximum Gasteiger partial charge on any atom is 0.279 e. The summed E-state index contributed by atoms with van der Waals surface area (Å²) in [6.07, 6.45) is 0.305. The summed E-state index contributed by atoms with van der Waals surface area (Å²) in [7, 11) is -2.46. The fraction of sp³-hybridized carbons (Fsp3) is 0.308. The van der Waals surface area contributed by atoms with E-state index in [9.17, 15) is 18.5 Å². The first-order valence-corrected chi connectivity index (χ1v) is 8.09. The number of nitro groups is 1. The topological polar surface area (TPSA) is 127 Å². The van der Waals surface area contributed by atoms with E-state index in [2.05, 4.69) is 5.16 Å². The lowest BCUT2D eigenvalue weighted by atomic mass is 10.1. The molecule has 23 heavy (non-hydrogen) atoms. The molecule has 0 aliphatic heterocycles. The highest BCUT2D eigenvalue weighted by molar-refractivity contribution is 7.89. The SMILES string of the molecule is CN(CCCO)S(=O)(=O)c1cc(-c2ccc([N+](=O)[O-])cc2)no1. The molecule has 1 heterocycles. The van der Waals surface area contributed by atoms with Crippen molar-refractivity contribution in [1.82, 2.24) is 9.46 Å². The summed E-state index contributed by atoms with van der Waals surface area (Å²) in [6.45, 7) is 0.0245. The van der Waals surface area contributed by atoms with Gasteiger partial charge < -0.3 is 9.63 Å². The Morgan fingerprint density at radius 1 is 1.35 bits per heavy atom. The Labute approximate surface area is 132 Å². The van der Waals surface area contributed by atoms with Crippen LogP contribution in [0.1, 0.15) is 6.42 Å². The van der Waals surface area contributed by atoms with E-state index in [0.717, 1.165) is 4.31 Å². The molecule has 1 aromatic heterocycles. The lowest BCUT2D eigenvalue weighted by molar-refractivity contribution is -0.384. The van der Waals surface area contributed by atoms with Crippen molar-refractivity contribution in [2.45, 2.75) is 11.5 Å². The van der Waals surface area contributed by atoms with Gasteiger partial charge in [0.2, 0.25) is 0 Å². The maximum atomic E-state index is 12.2. The second kappa shape index (κ2) is 6.86. The number of hydrogen-bond acceptors (Lipinski definition) is 7. The Balaban J connectivity index is 2.24. The molecule has 0 bridgehead atoms. The predicted molar refractivity (Wildman–Crippen MR) is 80.1 cm³/mol. The van der Waals surface area contributed by atoms with Gasteiger partial charge in [-0.05, 0) is 18.6 Å². The molecular weight excluding hydrogens is 326 g/mol. The summed E-state index contributed by atoms with van der Waals surface area (Å²) in [4.78, 5) is 10.1. The number of nitrogens with zero attached hydrogens (tertiary/aromatic N) is 3. The monoisotopic (exact) mass is 341 g/mol. The van der Waals surface area contributed by atoms with Crippen molar-refractivity contribution < 1.29 is 23.0 Å². The highest BCUT2D eigenvalue weighted by atomic mass is 32.2. The van der Waals surface area contributed by atoms with Gasteiger partial charge in [-0.15, -0.1) is 0 Å². The van der Waals surface area contributed by atoms with Gasteiger partial charge in [0, 0.05) is 44.0 Å². The molecule has 0 spiro atoms. The van der Waals surface area contributed by atoms with E-state index in [1.165, 1.54) is 37.4 Å². The molecule has 0 amide bonds. The van der Waals surface area contributed by atoms with Crippen LogP contribution < -0.4 is 0 Å². The molecule has 10 heteroatoms. The zero-order valence-electron chi connectivity index (χ0n) is 12.2. The Bertz CT molecular complexity index is 784. The number of non-ortho nitro benzene ring substituents is 1. The van der Waals surface area contributed by atoms with Crippen LogP contribution in [0.15, 0.2) is 39.9 Å². The molecule has 0 aliphatic rings. The molecule has 124 valence electrons. The first kappa shape index (κ1) is 17.1. The fourth-order valence-electron chi connectivity index (χ4n) is 1.84. The van der Waals surface area contributed by atoms with Gasteiger partial charge in [-0.3, -0.25) is 10.1 Å². The highest BCUT2D eigenvalue weighted by Gasteiger charge is 2.25. The normalized spacial score (nSPS) is 11.8. The number of hydrogen-bond donors (Lipinski definition) is 1. The minimum Gasteiger partial charge on any atom is -0.396 e. The Kier molecular flexibility index (Phi) is 5.08. The van der Waals surface area contributed by atoms with Crippen LogP contribution in [-0.4, -0.2) is 48.1 Å². The van der Waals surface area contributed by atoms with E-state index in [1.54, 1.807) is 0 Å². The molecule has 0 atom stereocenters. The van der Waals surface area contributed by atoms with Crippen LogP contribution in [0.3, 0.4) is 0 Å². The molecule has 9 nitrogen and oxygen atoms in total. The van der Waals surface area contributed by atoms with Gasteiger partial charge in [-0.1, -0.05) is 5.16 Å². The number of aliphatic hydroxyl groups is 1. The van der Waals surface area contributed by atoms with Crippen LogP contribution in [-0.2, 0) is 10.0 Å². The maximum absolute atomic E-state index is 12.2. The third-order valence-corrected chi connectivity index (χ3v) is 4.86. The summed E-state index contributed by atoms with van der Waals surface area (Å²) in [6, 6.07) is 6.77. The number of aliphatic hydroxyl groups excluding tert-OH is 1. The molecule has 0 fully saturated rings. The van der Waals surface area contributed by atoms with Crippen molar-refractivity contribution in [2.75, 3.05) is 20.2 Å². The van der Waals surface area contributed by atoms with Crippen LogP contribution in [0.2, 0.25) is 0 Å². The summed E-state index contributed by atoms with van der Waals surface area (Å²) < 4.78 is 30.4. The molecule has 0 unspecified atom stereocenters. The van der Waals surface area contributed by atoms with Crippen LogP contribution >= 0.6 is 0 Å². The van der Waals surface area contributed by atoms with Gasteiger partial charge in [-0.2, -0.15) is 4.31 Å².